The standard InChI is InChI=1S/C12H25NO2Si/c1-9(2)16(10(3)4,11(5)6)13-7-8-15-12(13)14/h9-11H,7-8H2,1-6H3. The predicted octanol–water partition coefficient (Wildman–Crippen LogP) is 3.61. The molecule has 1 saturated heterocycles. The topological polar surface area (TPSA) is 29.5 Å². The number of ether oxygens (including phenoxy) is 1. The predicted molar refractivity (Wildman–Crippen MR) is 69.1 cm³/mol. The molecule has 0 aromatic rings. The van der Waals surface area contributed by atoms with Gasteiger partial charge in [0.2, 0.25) is 0 Å². The molecule has 0 radical (unpaired) electrons. The molecule has 0 spiro atoms. The SMILES string of the molecule is CC(C)[Si](C(C)C)(C(C)C)N1CCOC1=O. The highest BCUT2D eigenvalue weighted by molar-refractivity contribution is 6.82. The van der Waals surface area contributed by atoms with Gasteiger partial charge >= 0.3 is 6.09 Å². The molecule has 0 aromatic heterocycles. The average molecular weight is 243 g/mol. The Morgan fingerprint density at radius 3 is 1.75 bits per heavy atom. The Bertz CT molecular complexity index is 242. The van der Waals surface area contributed by atoms with E-state index in [0.29, 0.717) is 23.2 Å². The zero-order valence-corrected chi connectivity index (χ0v) is 12.4. The number of carbonyl (C=O) groups is 1. The first-order chi connectivity index (χ1) is 7.35. The Morgan fingerprint density at radius 2 is 1.50 bits per heavy atom. The second kappa shape index (κ2) is 4.78. The Kier molecular flexibility index (Phi) is 4.05. The van der Waals surface area contributed by atoms with Crippen molar-refractivity contribution in [3.05, 3.63) is 0 Å². The lowest BCUT2D eigenvalue weighted by atomic mass is 10.5. The van der Waals surface area contributed by atoms with Gasteiger partial charge in [-0.15, -0.1) is 0 Å². The van der Waals surface area contributed by atoms with Gasteiger partial charge in [0.1, 0.15) is 6.61 Å². The maximum Gasteiger partial charge on any atom is 0.401 e. The molecule has 1 aliphatic rings. The lowest BCUT2D eigenvalue weighted by molar-refractivity contribution is 0.168. The van der Waals surface area contributed by atoms with Crippen LogP contribution in [-0.2, 0) is 4.74 Å². The first-order valence-corrected chi connectivity index (χ1v) is 8.47. The van der Waals surface area contributed by atoms with Crippen LogP contribution >= 0.6 is 0 Å². The van der Waals surface area contributed by atoms with Gasteiger partial charge < -0.3 is 9.30 Å². The summed E-state index contributed by atoms with van der Waals surface area (Å²) in [5, 5.41) is 0. The van der Waals surface area contributed by atoms with Crippen LogP contribution in [0.4, 0.5) is 4.79 Å². The number of carbonyl (C=O) groups excluding carboxylic acids is 1. The smallest absolute Gasteiger partial charge is 0.401 e. The molecule has 94 valence electrons. The Morgan fingerprint density at radius 1 is 1.06 bits per heavy atom. The van der Waals surface area contributed by atoms with Crippen LogP contribution in [0.3, 0.4) is 0 Å². The highest BCUT2D eigenvalue weighted by Crippen LogP contribution is 2.44. The third-order valence-electron chi connectivity index (χ3n) is 4.00. The van der Waals surface area contributed by atoms with E-state index in [1.807, 2.05) is 0 Å². The van der Waals surface area contributed by atoms with Crippen LogP contribution in [0.2, 0.25) is 16.6 Å². The first-order valence-electron chi connectivity index (χ1n) is 6.29. The molecule has 1 rings (SSSR count). The molecule has 0 bridgehead atoms. The third kappa shape index (κ3) is 1.88. The molecule has 0 unspecified atom stereocenters. The summed E-state index contributed by atoms with van der Waals surface area (Å²) >= 11 is 0. The van der Waals surface area contributed by atoms with Crippen molar-refractivity contribution in [3.8, 4) is 0 Å². The van der Waals surface area contributed by atoms with E-state index in [0.717, 1.165) is 6.54 Å². The van der Waals surface area contributed by atoms with Crippen LogP contribution in [0.5, 0.6) is 0 Å². The molecule has 1 aliphatic heterocycles. The molecule has 0 N–H and O–H groups in total. The molecule has 1 heterocycles. The van der Waals surface area contributed by atoms with Gasteiger partial charge in [-0.2, -0.15) is 0 Å². The minimum atomic E-state index is -1.80. The minimum absolute atomic E-state index is 0.0808. The van der Waals surface area contributed by atoms with E-state index in [1.165, 1.54) is 0 Å². The number of cyclic esters (lactones) is 1. The number of nitrogens with zero attached hydrogens (tertiary/aromatic N) is 1. The molecule has 1 amide bonds. The fourth-order valence-electron chi connectivity index (χ4n) is 3.68. The highest BCUT2D eigenvalue weighted by Gasteiger charge is 2.52. The zero-order chi connectivity index (χ0) is 12.5. The number of hydrogen-bond donors (Lipinski definition) is 0. The van der Waals surface area contributed by atoms with Gasteiger partial charge in [0.05, 0.1) is 0 Å². The summed E-state index contributed by atoms with van der Waals surface area (Å²) in [5.41, 5.74) is 1.70. The fourth-order valence-corrected chi connectivity index (χ4v) is 10.4. The maximum atomic E-state index is 11.9. The van der Waals surface area contributed by atoms with E-state index in [1.54, 1.807) is 0 Å². The van der Waals surface area contributed by atoms with E-state index < -0.39 is 8.24 Å². The van der Waals surface area contributed by atoms with Gasteiger partial charge in [-0.3, -0.25) is 0 Å². The van der Waals surface area contributed by atoms with Crippen LogP contribution in [0, 0.1) is 0 Å². The quantitative estimate of drug-likeness (QED) is 0.706. The van der Waals surface area contributed by atoms with Gasteiger partial charge in [0.25, 0.3) is 0 Å². The van der Waals surface area contributed by atoms with Crippen molar-refractivity contribution in [2.24, 2.45) is 0 Å². The van der Waals surface area contributed by atoms with Gasteiger partial charge in [-0.25, -0.2) is 4.79 Å². The molecule has 3 nitrogen and oxygen atoms in total. The fraction of sp³-hybridized carbons (Fsp3) is 0.917. The Hall–Kier alpha value is -0.513. The summed E-state index contributed by atoms with van der Waals surface area (Å²) in [7, 11) is -1.80. The lowest BCUT2D eigenvalue weighted by Crippen LogP contribution is -2.60. The Balaban J connectivity index is 3.15. The van der Waals surface area contributed by atoms with Crippen LogP contribution in [0.15, 0.2) is 0 Å². The summed E-state index contributed by atoms with van der Waals surface area (Å²) < 4.78 is 7.23. The lowest BCUT2D eigenvalue weighted by Gasteiger charge is -2.47. The zero-order valence-electron chi connectivity index (χ0n) is 11.4. The van der Waals surface area contributed by atoms with E-state index in [2.05, 4.69) is 46.1 Å². The van der Waals surface area contributed by atoms with Crippen molar-refractivity contribution >= 4 is 14.3 Å². The van der Waals surface area contributed by atoms with E-state index in [4.69, 9.17) is 4.74 Å². The Labute approximate surface area is 100 Å². The van der Waals surface area contributed by atoms with Crippen molar-refractivity contribution in [2.45, 2.75) is 58.2 Å². The molecular weight excluding hydrogens is 218 g/mol. The van der Waals surface area contributed by atoms with Crippen molar-refractivity contribution < 1.29 is 9.53 Å². The first kappa shape index (κ1) is 13.6. The van der Waals surface area contributed by atoms with E-state index in [-0.39, 0.29) is 6.09 Å². The van der Waals surface area contributed by atoms with Crippen molar-refractivity contribution in [1.29, 1.82) is 0 Å². The summed E-state index contributed by atoms with van der Waals surface area (Å²) in [6.45, 7) is 14.9. The highest BCUT2D eigenvalue weighted by atomic mass is 28.3. The average Bonchev–Trinajstić information content (AvgIpc) is 2.51. The molecule has 0 aliphatic carbocycles. The summed E-state index contributed by atoms with van der Waals surface area (Å²) in [6.07, 6.45) is -0.0808. The molecule has 1 fully saturated rings. The summed E-state index contributed by atoms with van der Waals surface area (Å²) in [4.78, 5) is 11.9. The summed E-state index contributed by atoms with van der Waals surface area (Å²) in [6, 6.07) is 0. The van der Waals surface area contributed by atoms with Crippen molar-refractivity contribution in [1.82, 2.24) is 4.57 Å². The van der Waals surface area contributed by atoms with E-state index >= 15 is 0 Å². The van der Waals surface area contributed by atoms with Gasteiger partial charge in [-0.1, -0.05) is 41.5 Å². The van der Waals surface area contributed by atoms with Crippen LogP contribution in [-0.4, -0.2) is 32.0 Å². The van der Waals surface area contributed by atoms with Crippen molar-refractivity contribution in [2.75, 3.05) is 13.2 Å². The summed E-state index contributed by atoms with van der Waals surface area (Å²) in [5.74, 6) is 0. The van der Waals surface area contributed by atoms with Crippen LogP contribution in [0.1, 0.15) is 41.5 Å². The van der Waals surface area contributed by atoms with Gasteiger partial charge in [0, 0.05) is 6.54 Å². The number of rotatable bonds is 4. The van der Waals surface area contributed by atoms with Gasteiger partial charge in [0.15, 0.2) is 8.24 Å². The monoisotopic (exact) mass is 243 g/mol. The maximum absolute atomic E-state index is 11.9. The molecular formula is C12H25NO2Si. The second-order valence-corrected chi connectivity index (χ2v) is 11.4. The normalized spacial score (nSPS) is 17.8. The van der Waals surface area contributed by atoms with E-state index in [9.17, 15) is 4.79 Å². The van der Waals surface area contributed by atoms with Crippen LogP contribution < -0.4 is 0 Å². The number of amides is 1. The molecule has 0 aromatic carbocycles. The molecule has 0 atom stereocenters. The molecule has 16 heavy (non-hydrogen) atoms. The van der Waals surface area contributed by atoms with Gasteiger partial charge in [-0.05, 0) is 16.6 Å². The molecule has 4 heteroatoms. The molecule has 0 saturated carbocycles. The minimum Gasteiger partial charge on any atom is -0.448 e. The number of hydrogen-bond acceptors (Lipinski definition) is 2. The second-order valence-electron chi connectivity index (χ2n) is 5.62. The van der Waals surface area contributed by atoms with Crippen molar-refractivity contribution in [3.63, 3.8) is 0 Å². The third-order valence-corrected chi connectivity index (χ3v) is 10.9. The van der Waals surface area contributed by atoms with Crippen LogP contribution in [0.25, 0.3) is 0 Å². The largest absolute Gasteiger partial charge is 0.448 e.